The van der Waals surface area contributed by atoms with Crippen LogP contribution in [0.1, 0.15) is 40.0 Å². The third kappa shape index (κ3) is 6.67. The maximum absolute atomic E-state index is 12.1. The van der Waals surface area contributed by atoms with Gasteiger partial charge in [0, 0.05) is 18.9 Å². The van der Waals surface area contributed by atoms with Gasteiger partial charge in [-0.25, -0.2) is 9.97 Å². The van der Waals surface area contributed by atoms with Gasteiger partial charge in [-0.15, -0.1) is 0 Å². The standard InChI is InChI=1S/C19H30N6O4/c1-4-5-15(26)28-7-6-13(10-29-18(27)16(20)12(2)3)9-25-11-23-14-8-22-19(21)24-17(14)25/h8,11-13,16H,4-7,9-10,20H2,1-3H3,(H2,21,22,24)/t13?,16-/m0/s1. The lowest BCUT2D eigenvalue weighted by molar-refractivity contribution is -0.149. The SMILES string of the molecule is CCCC(=O)OCCC(COC(=O)[C@@H](N)C(C)C)Cn1cnc2cnc(N)nc21. The minimum atomic E-state index is -0.681. The van der Waals surface area contributed by atoms with Crippen LogP contribution in [0.2, 0.25) is 0 Å². The van der Waals surface area contributed by atoms with Gasteiger partial charge >= 0.3 is 11.9 Å². The number of nitrogens with zero attached hydrogens (tertiary/aromatic N) is 4. The van der Waals surface area contributed by atoms with Crippen molar-refractivity contribution in [3.05, 3.63) is 12.5 Å². The molecule has 0 spiro atoms. The number of carbonyl (C=O) groups is 2. The fourth-order valence-electron chi connectivity index (χ4n) is 2.69. The van der Waals surface area contributed by atoms with Crippen LogP contribution in [0, 0.1) is 11.8 Å². The molecule has 0 aliphatic heterocycles. The van der Waals surface area contributed by atoms with E-state index in [2.05, 4.69) is 15.0 Å². The molecule has 2 heterocycles. The number of fused-ring (bicyclic) bond motifs is 1. The van der Waals surface area contributed by atoms with E-state index in [1.54, 1.807) is 12.5 Å². The molecule has 2 atom stereocenters. The summed E-state index contributed by atoms with van der Waals surface area (Å²) in [6, 6.07) is -0.681. The second kappa shape index (κ2) is 10.7. The van der Waals surface area contributed by atoms with Crippen LogP contribution in [0.5, 0.6) is 0 Å². The monoisotopic (exact) mass is 406 g/mol. The highest BCUT2D eigenvalue weighted by molar-refractivity contribution is 5.75. The van der Waals surface area contributed by atoms with Gasteiger partial charge in [0.1, 0.15) is 11.6 Å². The van der Waals surface area contributed by atoms with Crippen molar-refractivity contribution in [1.82, 2.24) is 19.5 Å². The molecule has 0 saturated heterocycles. The molecule has 0 fully saturated rings. The molecule has 10 nitrogen and oxygen atoms in total. The van der Waals surface area contributed by atoms with E-state index in [0.717, 1.165) is 6.42 Å². The van der Waals surface area contributed by atoms with Gasteiger partial charge in [0.05, 0.1) is 25.7 Å². The smallest absolute Gasteiger partial charge is 0.323 e. The molecular weight excluding hydrogens is 376 g/mol. The number of hydrogen-bond donors (Lipinski definition) is 2. The Morgan fingerprint density at radius 1 is 1.24 bits per heavy atom. The van der Waals surface area contributed by atoms with Crippen molar-refractivity contribution >= 4 is 29.1 Å². The Bertz CT molecular complexity index is 822. The summed E-state index contributed by atoms with van der Waals surface area (Å²) in [4.78, 5) is 36.2. The highest BCUT2D eigenvalue weighted by Gasteiger charge is 2.21. The van der Waals surface area contributed by atoms with E-state index in [0.29, 0.717) is 30.6 Å². The molecule has 0 bridgehead atoms. The van der Waals surface area contributed by atoms with Gasteiger partial charge in [-0.2, -0.15) is 4.98 Å². The number of nitrogen functional groups attached to an aromatic ring is 1. The molecule has 29 heavy (non-hydrogen) atoms. The highest BCUT2D eigenvalue weighted by atomic mass is 16.5. The lowest BCUT2D eigenvalue weighted by atomic mass is 10.1. The number of hydrogen-bond acceptors (Lipinski definition) is 9. The van der Waals surface area contributed by atoms with Gasteiger partial charge in [0.15, 0.2) is 5.65 Å². The first-order valence-corrected chi connectivity index (χ1v) is 9.83. The minimum absolute atomic E-state index is 0.0202. The maximum Gasteiger partial charge on any atom is 0.323 e. The Morgan fingerprint density at radius 3 is 2.69 bits per heavy atom. The van der Waals surface area contributed by atoms with Gasteiger partial charge in [-0.1, -0.05) is 20.8 Å². The molecule has 2 aromatic heterocycles. The number of esters is 2. The summed E-state index contributed by atoms with van der Waals surface area (Å²) in [6.07, 6.45) is 4.81. The normalized spacial score (nSPS) is 13.4. The molecule has 1 unspecified atom stereocenters. The van der Waals surface area contributed by atoms with Gasteiger partial charge in [-0.3, -0.25) is 9.59 Å². The van der Waals surface area contributed by atoms with Crippen molar-refractivity contribution in [3.63, 3.8) is 0 Å². The number of carbonyl (C=O) groups excluding carboxylic acids is 2. The summed E-state index contributed by atoms with van der Waals surface area (Å²) in [6.45, 7) is 6.48. The van der Waals surface area contributed by atoms with Crippen LogP contribution in [0.25, 0.3) is 11.2 Å². The Kier molecular flexibility index (Phi) is 8.32. The quantitative estimate of drug-likeness (QED) is 0.526. The molecule has 0 aliphatic rings. The van der Waals surface area contributed by atoms with E-state index >= 15 is 0 Å². The van der Waals surface area contributed by atoms with E-state index in [1.165, 1.54) is 0 Å². The van der Waals surface area contributed by atoms with Crippen LogP contribution in [-0.4, -0.2) is 50.7 Å². The third-order valence-electron chi connectivity index (χ3n) is 4.53. The highest BCUT2D eigenvalue weighted by Crippen LogP contribution is 2.16. The van der Waals surface area contributed by atoms with Crippen molar-refractivity contribution in [2.75, 3.05) is 18.9 Å². The summed E-state index contributed by atoms with van der Waals surface area (Å²) in [7, 11) is 0. The second-order valence-electron chi connectivity index (χ2n) is 7.36. The largest absolute Gasteiger partial charge is 0.466 e. The first-order valence-electron chi connectivity index (χ1n) is 9.83. The fourth-order valence-corrected chi connectivity index (χ4v) is 2.69. The van der Waals surface area contributed by atoms with Gasteiger partial charge in [-0.05, 0) is 18.8 Å². The van der Waals surface area contributed by atoms with E-state index in [1.807, 2.05) is 25.3 Å². The minimum Gasteiger partial charge on any atom is -0.466 e. The summed E-state index contributed by atoms with van der Waals surface area (Å²) in [5, 5.41) is 0. The fraction of sp³-hybridized carbons (Fsp3) is 0.632. The van der Waals surface area contributed by atoms with Crippen molar-refractivity contribution < 1.29 is 19.1 Å². The van der Waals surface area contributed by atoms with Gasteiger partial charge in [0.25, 0.3) is 0 Å². The van der Waals surface area contributed by atoms with Crippen LogP contribution < -0.4 is 11.5 Å². The number of aromatic nitrogens is 4. The molecule has 0 aromatic carbocycles. The molecule has 10 heteroatoms. The van der Waals surface area contributed by atoms with Crippen molar-refractivity contribution in [1.29, 1.82) is 0 Å². The lowest BCUT2D eigenvalue weighted by Gasteiger charge is -2.20. The first kappa shape index (κ1) is 22.5. The number of imidazole rings is 1. The van der Waals surface area contributed by atoms with E-state index in [9.17, 15) is 9.59 Å². The molecule has 4 N–H and O–H groups in total. The lowest BCUT2D eigenvalue weighted by Crippen LogP contribution is -2.38. The van der Waals surface area contributed by atoms with E-state index in [-0.39, 0.29) is 37.0 Å². The number of nitrogens with two attached hydrogens (primary N) is 2. The Hall–Kier alpha value is -2.75. The number of rotatable bonds is 11. The van der Waals surface area contributed by atoms with E-state index in [4.69, 9.17) is 20.9 Å². The molecular formula is C19H30N6O4. The van der Waals surface area contributed by atoms with Crippen LogP contribution in [-0.2, 0) is 25.6 Å². The van der Waals surface area contributed by atoms with Gasteiger partial charge < -0.3 is 25.5 Å². The topological polar surface area (TPSA) is 148 Å². The molecule has 0 radical (unpaired) electrons. The van der Waals surface area contributed by atoms with Crippen LogP contribution >= 0.6 is 0 Å². The predicted octanol–water partition coefficient (Wildman–Crippen LogP) is 1.28. The predicted molar refractivity (Wildman–Crippen MR) is 107 cm³/mol. The first-order chi connectivity index (χ1) is 13.8. The molecule has 0 aliphatic carbocycles. The third-order valence-corrected chi connectivity index (χ3v) is 4.53. The summed E-state index contributed by atoms with van der Waals surface area (Å²) in [5.41, 5.74) is 12.7. The Morgan fingerprint density at radius 2 is 2.00 bits per heavy atom. The van der Waals surface area contributed by atoms with Crippen molar-refractivity contribution in [2.24, 2.45) is 17.6 Å². The Balaban J connectivity index is 2.05. The molecule has 0 saturated carbocycles. The van der Waals surface area contributed by atoms with Crippen LogP contribution in [0.15, 0.2) is 12.5 Å². The maximum atomic E-state index is 12.1. The molecule has 2 aromatic rings. The van der Waals surface area contributed by atoms with Crippen molar-refractivity contribution in [2.45, 2.75) is 52.6 Å². The average molecular weight is 406 g/mol. The summed E-state index contributed by atoms with van der Waals surface area (Å²) < 4.78 is 12.5. The number of ether oxygens (including phenoxy) is 2. The molecule has 160 valence electrons. The zero-order valence-corrected chi connectivity index (χ0v) is 17.2. The summed E-state index contributed by atoms with van der Waals surface area (Å²) >= 11 is 0. The number of anilines is 1. The average Bonchev–Trinajstić information content (AvgIpc) is 3.07. The van der Waals surface area contributed by atoms with Crippen molar-refractivity contribution in [3.8, 4) is 0 Å². The zero-order valence-electron chi connectivity index (χ0n) is 17.2. The van der Waals surface area contributed by atoms with E-state index < -0.39 is 12.0 Å². The molecule has 0 amide bonds. The Labute approximate surface area is 170 Å². The second-order valence-corrected chi connectivity index (χ2v) is 7.36. The van der Waals surface area contributed by atoms with Gasteiger partial charge in [0.2, 0.25) is 5.95 Å². The summed E-state index contributed by atoms with van der Waals surface area (Å²) in [5.74, 6) is -0.679. The zero-order chi connectivity index (χ0) is 21.4. The molecule has 2 rings (SSSR count). The van der Waals surface area contributed by atoms with Crippen LogP contribution in [0.4, 0.5) is 5.95 Å². The van der Waals surface area contributed by atoms with Crippen LogP contribution in [0.3, 0.4) is 0 Å².